The molecule has 2 aromatic carbocycles. The molecular formula is C19H17FN4O2. The predicted molar refractivity (Wildman–Crippen MR) is 97.0 cm³/mol. The lowest BCUT2D eigenvalue weighted by atomic mass is 10.1. The van der Waals surface area contributed by atoms with Gasteiger partial charge in [0.1, 0.15) is 5.82 Å². The minimum Gasteiger partial charge on any atom is -0.324 e. The summed E-state index contributed by atoms with van der Waals surface area (Å²) in [6.07, 6.45) is 1.70. The van der Waals surface area contributed by atoms with Crippen molar-refractivity contribution in [3.63, 3.8) is 0 Å². The summed E-state index contributed by atoms with van der Waals surface area (Å²) in [4.78, 5) is 23.4. The molecule has 1 aromatic heterocycles. The van der Waals surface area contributed by atoms with E-state index in [0.717, 1.165) is 11.8 Å². The van der Waals surface area contributed by atoms with E-state index < -0.39 is 11.7 Å². The average Bonchev–Trinajstić information content (AvgIpc) is 2.98. The number of amides is 2. The van der Waals surface area contributed by atoms with Crippen LogP contribution in [0.15, 0.2) is 54.7 Å². The summed E-state index contributed by atoms with van der Waals surface area (Å²) in [5, 5.41) is 9.46. The lowest BCUT2D eigenvalue weighted by Gasteiger charge is -2.07. The maximum Gasteiger partial charge on any atom is 0.255 e. The molecule has 1 heterocycles. The number of carbonyl (C=O) groups is 2. The Hall–Kier alpha value is -3.48. The summed E-state index contributed by atoms with van der Waals surface area (Å²) in [6, 6.07) is 13.4. The Morgan fingerprint density at radius 1 is 1.04 bits per heavy atom. The van der Waals surface area contributed by atoms with Crippen LogP contribution in [0.25, 0.3) is 5.69 Å². The number of aryl methyl sites for hydroxylation is 1. The SMILES string of the molecule is CC(=O)Nc1ccc(C(=O)Nc2cn(-c3ccccc3)nc2C)cc1F. The van der Waals surface area contributed by atoms with Gasteiger partial charge in [-0.25, -0.2) is 9.07 Å². The highest BCUT2D eigenvalue weighted by Gasteiger charge is 2.14. The summed E-state index contributed by atoms with van der Waals surface area (Å²) in [7, 11) is 0. The average molecular weight is 352 g/mol. The van der Waals surface area contributed by atoms with Crippen molar-refractivity contribution in [3.8, 4) is 5.69 Å². The third-order valence-corrected chi connectivity index (χ3v) is 3.71. The zero-order valence-electron chi connectivity index (χ0n) is 14.3. The maximum absolute atomic E-state index is 14.0. The molecule has 6 nitrogen and oxygen atoms in total. The minimum atomic E-state index is -0.676. The van der Waals surface area contributed by atoms with Gasteiger partial charge in [-0.1, -0.05) is 18.2 Å². The number of nitrogens with zero attached hydrogens (tertiary/aromatic N) is 2. The van der Waals surface area contributed by atoms with E-state index in [1.54, 1.807) is 17.8 Å². The summed E-state index contributed by atoms with van der Waals surface area (Å²) in [5.74, 6) is -1.52. The van der Waals surface area contributed by atoms with Crippen molar-refractivity contribution in [3.05, 3.63) is 71.8 Å². The van der Waals surface area contributed by atoms with E-state index in [9.17, 15) is 14.0 Å². The molecular weight excluding hydrogens is 335 g/mol. The van der Waals surface area contributed by atoms with Crippen molar-refractivity contribution in [1.82, 2.24) is 9.78 Å². The van der Waals surface area contributed by atoms with Gasteiger partial charge in [-0.05, 0) is 37.3 Å². The van der Waals surface area contributed by atoms with E-state index in [2.05, 4.69) is 15.7 Å². The van der Waals surface area contributed by atoms with Gasteiger partial charge < -0.3 is 10.6 Å². The molecule has 0 aliphatic heterocycles. The normalized spacial score (nSPS) is 10.4. The maximum atomic E-state index is 14.0. The first-order valence-electron chi connectivity index (χ1n) is 7.94. The van der Waals surface area contributed by atoms with Crippen LogP contribution in [-0.2, 0) is 4.79 Å². The monoisotopic (exact) mass is 352 g/mol. The molecule has 3 rings (SSSR count). The first-order chi connectivity index (χ1) is 12.4. The summed E-state index contributed by atoms with van der Waals surface area (Å²) in [6.45, 7) is 3.06. The smallest absolute Gasteiger partial charge is 0.255 e. The molecule has 0 fully saturated rings. The van der Waals surface area contributed by atoms with E-state index in [0.29, 0.717) is 11.4 Å². The largest absolute Gasteiger partial charge is 0.324 e. The first kappa shape index (κ1) is 17.3. The number of rotatable bonds is 4. The lowest BCUT2D eigenvalue weighted by Crippen LogP contribution is -2.13. The lowest BCUT2D eigenvalue weighted by molar-refractivity contribution is -0.114. The number of para-hydroxylation sites is 1. The topological polar surface area (TPSA) is 76.0 Å². The second-order valence-electron chi connectivity index (χ2n) is 5.74. The Labute approximate surface area is 149 Å². The van der Waals surface area contributed by atoms with Gasteiger partial charge >= 0.3 is 0 Å². The van der Waals surface area contributed by atoms with E-state index in [1.807, 2.05) is 30.3 Å². The highest BCUT2D eigenvalue weighted by Crippen LogP contribution is 2.20. The van der Waals surface area contributed by atoms with E-state index in [1.165, 1.54) is 19.1 Å². The fraction of sp³-hybridized carbons (Fsp3) is 0.105. The Kier molecular flexibility index (Phi) is 4.79. The second kappa shape index (κ2) is 7.18. The number of benzene rings is 2. The van der Waals surface area contributed by atoms with Crippen LogP contribution in [-0.4, -0.2) is 21.6 Å². The molecule has 0 aliphatic rings. The molecule has 2 N–H and O–H groups in total. The van der Waals surface area contributed by atoms with E-state index >= 15 is 0 Å². The first-order valence-corrected chi connectivity index (χ1v) is 7.94. The van der Waals surface area contributed by atoms with Crippen LogP contribution in [0.2, 0.25) is 0 Å². The van der Waals surface area contributed by atoms with Crippen molar-refractivity contribution in [2.45, 2.75) is 13.8 Å². The van der Waals surface area contributed by atoms with Gasteiger partial charge in [0.15, 0.2) is 0 Å². The summed E-state index contributed by atoms with van der Waals surface area (Å²) < 4.78 is 15.7. The van der Waals surface area contributed by atoms with Crippen molar-refractivity contribution in [2.75, 3.05) is 10.6 Å². The van der Waals surface area contributed by atoms with Gasteiger partial charge in [-0.3, -0.25) is 9.59 Å². The molecule has 7 heteroatoms. The van der Waals surface area contributed by atoms with Crippen molar-refractivity contribution in [1.29, 1.82) is 0 Å². The van der Waals surface area contributed by atoms with E-state index in [4.69, 9.17) is 0 Å². The molecule has 3 aromatic rings. The highest BCUT2D eigenvalue weighted by atomic mass is 19.1. The van der Waals surface area contributed by atoms with E-state index in [-0.39, 0.29) is 17.2 Å². The quantitative estimate of drug-likeness (QED) is 0.754. The predicted octanol–water partition coefficient (Wildman–Crippen LogP) is 3.53. The molecule has 0 spiro atoms. The van der Waals surface area contributed by atoms with Crippen LogP contribution >= 0.6 is 0 Å². The standard InChI is InChI=1S/C19H17FN4O2/c1-12-18(11-24(23-12)15-6-4-3-5-7-15)22-19(26)14-8-9-17(16(20)10-14)21-13(2)25/h3-11H,1-2H3,(H,21,25)(H,22,26). The van der Waals surface area contributed by atoms with Crippen molar-refractivity contribution in [2.24, 2.45) is 0 Å². The molecule has 0 aliphatic carbocycles. The summed E-state index contributed by atoms with van der Waals surface area (Å²) in [5.41, 5.74) is 2.20. The number of halogens is 1. The molecule has 2 amide bonds. The van der Waals surface area contributed by atoms with Crippen LogP contribution in [0.4, 0.5) is 15.8 Å². The van der Waals surface area contributed by atoms with Crippen LogP contribution in [0.1, 0.15) is 23.0 Å². The van der Waals surface area contributed by atoms with Crippen LogP contribution in [0.3, 0.4) is 0 Å². The highest BCUT2D eigenvalue weighted by molar-refractivity contribution is 6.05. The van der Waals surface area contributed by atoms with Gasteiger partial charge in [0.05, 0.1) is 29.0 Å². The number of hydrogen-bond donors (Lipinski definition) is 2. The third-order valence-electron chi connectivity index (χ3n) is 3.71. The van der Waals surface area contributed by atoms with Crippen molar-refractivity contribution < 1.29 is 14.0 Å². The van der Waals surface area contributed by atoms with Gasteiger partial charge in [-0.2, -0.15) is 5.10 Å². The van der Waals surface area contributed by atoms with Gasteiger partial charge in [0.25, 0.3) is 5.91 Å². The summed E-state index contributed by atoms with van der Waals surface area (Å²) >= 11 is 0. The van der Waals surface area contributed by atoms with Gasteiger partial charge in [-0.15, -0.1) is 0 Å². The number of nitrogens with one attached hydrogen (secondary N) is 2. The van der Waals surface area contributed by atoms with Crippen molar-refractivity contribution >= 4 is 23.2 Å². The van der Waals surface area contributed by atoms with Crippen LogP contribution in [0.5, 0.6) is 0 Å². The third kappa shape index (κ3) is 3.77. The fourth-order valence-corrected chi connectivity index (χ4v) is 2.44. The fourth-order valence-electron chi connectivity index (χ4n) is 2.44. The van der Waals surface area contributed by atoms with Gasteiger partial charge in [0.2, 0.25) is 5.91 Å². The molecule has 0 saturated heterocycles. The number of anilines is 2. The Morgan fingerprint density at radius 2 is 1.77 bits per heavy atom. The molecule has 0 radical (unpaired) electrons. The zero-order chi connectivity index (χ0) is 18.7. The zero-order valence-corrected chi connectivity index (χ0v) is 14.3. The minimum absolute atomic E-state index is 0.0297. The van der Waals surface area contributed by atoms with Crippen LogP contribution in [0, 0.1) is 12.7 Å². The molecule has 0 saturated carbocycles. The molecule has 132 valence electrons. The Balaban J connectivity index is 1.79. The molecule has 0 unspecified atom stereocenters. The molecule has 0 atom stereocenters. The molecule has 26 heavy (non-hydrogen) atoms. The Morgan fingerprint density at radius 3 is 2.42 bits per heavy atom. The second-order valence-corrected chi connectivity index (χ2v) is 5.74. The molecule has 0 bridgehead atoms. The van der Waals surface area contributed by atoms with Crippen LogP contribution < -0.4 is 10.6 Å². The van der Waals surface area contributed by atoms with Gasteiger partial charge in [0, 0.05) is 12.5 Å². The number of aromatic nitrogens is 2. The Bertz CT molecular complexity index is 967. The number of carbonyl (C=O) groups excluding carboxylic acids is 2. The number of hydrogen-bond acceptors (Lipinski definition) is 3.